The van der Waals surface area contributed by atoms with Crippen molar-refractivity contribution in [2.45, 2.75) is 39.2 Å². The Labute approximate surface area is 95.2 Å². The molecule has 0 spiro atoms. The first kappa shape index (κ1) is 12.5. The van der Waals surface area contributed by atoms with E-state index in [2.05, 4.69) is 10.6 Å². The van der Waals surface area contributed by atoms with Crippen molar-refractivity contribution in [2.24, 2.45) is 5.41 Å². The summed E-state index contributed by atoms with van der Waals surface area (Å²) in [6.45, 7) is 3.29. The highest BCUT2D eigenvalue weighted by molar-refractivity contribution is 5.89. The van der Waals surface area contributed by atoms with Gasteiger partial charge in [-0.2, -0.15) is 5.26 Å². The van der Waals surface area contributed by atoms with Gasteiger partial charge < -0.3 is 10.6 Å². The molecule has 5 heteroatoms. The Kier molecular flexibility index (Phi) is 3.88. The molecule has 1 atom stereocenters. The molecule has 0 aromatic rings. The van der Waals surface area contributed by atoms with Crippen LogP contribution in [-0.4, -0.2) is 24.4 Å². The van der Waals surface area contributed by atoms with E-state index in [0.717, 1.165) is 12.8 Å². The lowest BCUT2D eigenvalue weighted by molar-refractivity contribution is -0.130. The van der Waals surface area contributed by atoms with Crippen LogP contribution >= 0.6 is 0 Å². The minimum Gasteiger partial charge on any atom is -0.352 e. The van der Waals surface area contributed by atoms with Crippen molar-refractivity contribution in [1.82, 2.24) is 10.6 Å². The van der Waals surface area contributed by atoms with E-state index in [-0.39, 0.29) is 24.4 Å². The number of hydrogen-bond acceptors (Lipinski definition) is 3. The molecule has 0 aromatic carbocycles. The molecule has 0 aromatic heterocycles. The first-order chi connectivity index (χ1) is 7.51. The summed E-state index contributed by atoms with van der Waals surface area (Å²) in [7, 11) is 0. The molecule has 0 aliphatic heterocycles. The van der Waals surface area contributed by atoms with E-state index < -0.39 is 5.41 Å². The zero-order chi connectivity index (χ0) is 12.2. The molecule has 1 saturated carbocycles. The third-order valence-corrected chi connectivity index (χ3v) is 2.81. The number of carbonyl (C=O) groups excluding carboxylic acids is 2. The normalized spacial score (nSPS) is 18.1. The van der Waals surface area contributed by atoms with Crippen LogP contribution in [0.5, 0.6) is 0 Å². The van der Waals surface area contributed by atoms with Gasteiger partial charge in [-0.3, -0.25) is 9.59 Å². The summed E-state index contributed by atoms with van der Waals surface area (Å²) in [5, 5.41) is 14.1. The summed E-state index contributed by atoms with van der Waals surface area (Å²) in [6.07, 6.45) is 2.47. The third-order valence-electron chi connectivity index (χ3n) is 2.81. The van der Waals surface area contributed by atoms with Crippen molar-refractivity contribution < 1.29 is 9.59 Å². The Morgan fingerprint density at radius 1 is 1.50 bits per heavy atom. The molecular weight excluding hydrogens is 206 g/mol. The summed E-state index contributed by atoms with van der Waals surface area (Å²) in [5.74, 6) is -0.573. The molecule has 1 unspecified atom stereocenters. The number of carbonyl (C=O) groups is 2. The van der Waals surface area contributed by atoms with E-state index in [1.54, 1.807) is 13.8 Å². The lowest BCUT2D eigenvalue weighted by Crippen LogP contribution is -2.43. The smallest absolute Gasteiger partial charge is 0.240 e. The summed E-state index contributed by atoms with van der Waals surface area (Å²) in [6, 6.07) is 2.25. The highest BCUT2D eigenvalue weighted by Gasteiger charge is 2.31. The SMILES string of the molecule is CCC(C)(C#N)C(=O)NCC(=O)NC1CC1. The van der Waals surface area contributed by atoms with Crippen LogP contribution in [0.25, 0.3) is 0 Å². The predicted molar refractivity (Wildman–Crippen MR) is 58.2 cm³/mol. The van der Waals surface area contributed by atoms with Gasteiger partial charge in [0, 0.05) is 6.04 Å². The molecule has 2 N–H and O–H groups in total. The van der Waals surface area contributed by atoms with Gasteiger partial charge in [-0.15, -0.1) is 0 Å². The van der Waals surface area contributed by atoms with Gasteiger partial charge in [0.1, 0.15) is 5.41 Å². The minimum absolute atomic E-state index is 0.0490. The molecule has 2 amide bonds. The average molecular weight is 223 g/mol. The van der Waals surface area contributed by atoms with Crippen molar-refractivity contribution >= 4 is 11.8 Å². The summed E-state index contributed by atoms with van der Waals surface area (Å²) in [4.78, 5) is 22.9. The zero-order valence-corrected chi connectivity index (χ0v) is 9.67. The van der Waals surface area contributed by atoms with Gasteiger partial charge in [-0.1, -0.05) is 6.92 Å². The Morgan fingerprint density at radius 2 is 2.12 bits per heavy atom. The molecule has 0 saturated heterocycles. The van der Waals surface area contributed by atoms with Crippen molar-refractivity contribution in [3.8, 4) is 6.07 Å². The molecule has 0 bridgehead atoms. The molecule has 0 radical (unpaired) electrons. The highest BCUT2D eigenvalue weighted by Crippen LogP contribution is 2.19. The highest BCUT2D eigenvalue weighted by atomic mass is 16.2. The van der Waals surface area contributed by atoms with E-state index >= 15 is 0 Å². The van der Waals surface area contributed by atoms with Crippen molar-refractivity contribution in [3.63, 3.8) is 0 Å². The number of hydrogen-bond donors (Lipinski definition) is 2. The van der Waals surface area contributed by atoms with Crippen LogP contribution in [0, 0.1) is 16.7 Å². The molecule has 1 rings (SSSR count). The number of rotatable bonds is 5. The summed E-state index contributed by atoms with van der Waals surface area (Å²) < 4.78 is 0. The maximum Gasteiger partial charge on any atom is 0.240 e. The molecule has 1 aliphatic rings. The van der Waals surface area contributed by atoms with E-state index in [4.69, 9.17) is 5.26 Å². The topological polar surface area (TPSA) is 82.0 Å². The lowest BCUT2D eigenvalue weighted by Gasteiger charge is -2.18. The van der Waals surface area contributed by atoms with E-state index in [1.165, 1.54) is 0 Å². The quantitative estimate of drug-likeness (QED) is 0.704. The Balaban J connectivity index is 2.33. The van der Waals surface area contributed by atoms with Gasteiger partial charge in [0.05, 0.1) is 12.6 Å². The van der Waals surface area contributed by atoms with Crippen LogP contribution in [0.3, 0.4) is 0 Å². The number of amides is 2. The Hall–Kier alpha value is -1.57. The zero-order valence-electron chi connectivity index (χ0n) is 9.67. The third kappa shape index (κ3) is 3.23. The minimum atomic E-state index is -1.04. The Morgan fingerprint density at radius 3 is 2.56 bits per heavy atom. The van der Waals surface area contributed by atoms with Crippen molar-refractivity contribution in [1.29, 1.82) is 5.26 Å². The van der Waals surface area contributed by atoms with Crippen molar-refractivity contribution in [2.75, 3.05) is 6.54 Å². The lowest BCUT2D eigenvalue weighted by atomic mass is 9.88. The summed E-state index contributed by atoms with van der Waals surface area (Å²) >= 11 is 0. The monoisotopic (exact) mass is 223 g/mol. The van der Waals surface area contributed by atoms with Crippen LogP contribution in [0.1, 0.15) is 33.1 Å². The number of nitrogens with zero attached hydrogens (tertiary/aromatic N) is 1. The van der Waals surface area contributed by atoms with Crippen LogP contribution in [0.2, 0.25) is 0 Å². The molecule has 16 heavy (non-hydrogen) atoms. The maximum absolute atomic E-state index is 11.6. The fourth-order valence-corrected chi connectivity index (χ4v) is 1.15. The van der Waals surface area contributed by atoms with Gasteiger partial charge in [0.2, 0.25) is 11.8 Å². The van der Waals surface area contributed by atoms with Crippen LogP contribution < -0.4 is 10.6 Å². The molecule has 88 valence electrons. The molecular formula is C11H17N3O2. The molecule has 1 fully saturated rings. The fourth-order valence-electron chi connectivity index (χ4n) is 1.15. The second kappa shape index (κ2) is 4.97. The van der Waals surface area contributed by atoms with E-state index in [1.807, 2.05) is 6.07 Å². The van der Waals surface area contributed by atoms with Crippen LogP contribution in [-0.2, 0) is 9.59 Å². The second-order valence-corrected chi connectivity index (χ2v) is 4.32. The largest absolute Gasteiger partial charge is 0.352 e. The van der Waals surface area contributed by atoms with E-state index in [9.17, 15) is 9.59 Å². The first-order valence-corrected chi connectivity index (χ1v) is 5.50. The van der Waals surface area contributed by atoms with Crippen LogP contribution in [0.15, 0.2) is 0 Å². The van der Waals surface area contributed by atoms with E-state index in [0.29, 0.717) is 6.42 Å². The fraction of sp³-hybridized carbons (Fsp3) is 0.727. The predicted octanol–water partition coefficient (Wildman–Crippen LogP) is 0.321. The number of nitriles is 1. The molecule has 1 aliphatic carbocycles. The van der Waals surface area contributed by atoms with Crippen LogP contribution in [0.4, 0.5) is 0 Å². The van der Waals surface area contributed by atoms with Gasteiger partial charge in [0.15, 0.2) is 0 Å². The van der Waals surface area contributed by atoms with Gasteiger partial charge in [-0.05, 0) is 26.2 Å². The summed E-state index contributed by atoms with van der Waals surface area (Å²) in [5.41, 5.74) is -1.04. The van der Waals surface area contributed by atoms with Crippen molar-refractivity contribution in [3.05, 3.63) is 0 Å². The average Bonchev–Trinajstić information content (AvgIpc) is 3.08. The van der Waals surface area contributed by atoms with Gasteiger partial charge in [-0.25, -0.2) is 0 Å². The first-order valence-electron chi connectivity index (χ1n) is 5.50. The number of nitrogens with one attached hydrogen (secondary N) is 2. The standard InChI is InChI=1S/C11H17N3O2/c1-3-11(2,7-12)10(16)13-6-9(15)14-8-4-5-8/h8H,3-6H2,1-2H3,(H,13,16)(H,14,15). The van der Waals surface area contributed by atoms with Gasteiger partial charge >= 0.3 is 0 Å². The maximum atomic E-state index is 11.6. The Bertz CT molecular complexity index is 331. The second-order valence-electron chi connectivity index (χ2n) is 4.32. The van der Waals surface area contributed by atoms with Gasteiger partial charge in [0.25, 0.3) is 0 Å². The molecule has 0 heterocycles. The molecule has 5 nitrogen and oxygen atoms in total.